The molecule has 0 amide bonds. The normalized spacial score (nSPS) is 9.62. The number of benzene rings is 1. The SMILES string of the molecule is COc1cc([O-])c(C=O)c(OC)c1[N+](=O)[O-]. The first-order valence-corrected chi connectivity index (χ1v) is 4.12. The maximum atomic E-state index is 11.4. The van der Waals surface area contributed by atoms with Crippen molar-refractivity contribution in [2.24, 2.45) is 0 Å². The molecule has 0 heterocycles. The Kier molecular flexibility index (Phi) is 3.29. The van der Waals surface area contributed by atoms with Gasteiger partial charge in [0.2, 0.25) is 5.75 Å². The van der Waals surface area contributed by atoms with E-state index in [4.69, 9.17) is 9.47 Å². The van der Waals surface area contributed by atoms with Crippen molar-refractivity contribution in [3.8, 4) is 17.2 Å². The number of carbonyl (C=O) groups excluding carboxylic acids is 1. The predicted octanol–water partition coefficient (Wildman–Crippen LogP) is 0.498. The van der Waals surface area contributed by atoms with E-state index in [2.05, 4.69) is 0 Å². The molecule has 0 radical (unpaired) electrons. The van der Waals surface area contributed by atoms with Crippen molar-refractivity contribution in [3.05, 3.63) is 21.7 Å². The fourth-order valence-electron chi connectivity index (χ4n) is 1.26. The van der Waals surface area contributed by atoms with Crippen LogP contribution in [0.4, 0.5) is 5.69 Å². The van der Waals surface area contributed by atoms with Crippen molar-refractivity contribution in [2.45, 2.75) is 0 Å². The number of methoxy groups -OCH3 is 2. The van der Waals surface area contributed by atoms with Gasteiger partial charge in [-0.05, 0) is 6.07 Å². The van der Waals surface area contributed by atoms with Gasteiger partial charge in [0.15, 0.2) is 12.0 Å². The summed E-state index contributed by atoms with van der Waals surface area (Å²) in [4.78, 5) is 20.6. The Balaban J connectivity index is 3.65. The number of ether oxygens (including phenoxy) is 2. The van der Waals surface area contributed by atoms with E-state index in [0.717, 1.165) is 13.2 Å². The van der Waals surface area contributed by atoms with Crippen LogP contribution in [0.5, 0.6) is 17.2 Å². The molecule has 0 aliphatic carbocycles. The lowest BCUT2D eigenvalue weighted by Crippen LogP contribution is -2.05. The molecule has 0 fully saturated rings. The number of hydrogen-bond acceptors (Lipinski definition) is 6. The monoisotopic (exact) mass is 226 g/mol. The fourth-order valence-corrected chi connectivity index (χ4v) is 1.26. The molecule has 0 atom stereocenters. The van der Waals surface area contributed by atoms with Crippen molar-refractivity contribution in [3.63, 3.8) is 0 Å². The minimum absolute atomic E-state index is 0.216. The number of nitrogens with zero attached hydrogens (tertiary/aromatic N) is 1. The van der Waals surface area contributed by atoms with Crippen molar-refractivity contribution < 1.29 is 24.3 Å². The molecular weight excluding hydrogens is 218 g/mol. The molecule has 0 saturated heterocycles. The van der Waals surface area contributed by atoms with Crippen LogP contribution in [0.2, 0.25) is 0 Å². The van der Waals surface area contributed by atoms with Crippen LogP contribution in [-0.4, -0.2) is 25.4 Å². The Bertz CT molecular complexity index is 442. The van der Waals surface area contributed by atoms with Gasteiger partial charge in [-0.3, -0.25) is 14.9 Å². The summed E-state index contributed by atoms with van der Waals surface area (Å²) in [5.41, 5.74) is -0.929. The first-order chi connectivity index (χ1) is 7.56. The van der Waals surface area contributed by atoms with E-state index < -0.39 is 21.9 Å². The van der Waals surface area contributed by atoms with Crippen molar-refractivity contribution >= 4 is 12.0 Å². The molecule has 86 valence electrons. The van der Waals surface area contributed by atoms with Gasteiger partial charge in [0.05, 0.1) is 24.7 Å². The Morgan fingerprint density at radius 1 is 1.38 bits per heavy atom. The second-order valence-electron chi connectivity index (χ2n) is 2.75. The van der Waals surface area contributed by atoms with Crippen LogP contribution in [0.3, 0.4) is 0 Å². The molecule has 1 rings (SSSR count). The third kappa shape index (κ3) is 1.74. The molecule has 0 aromatic heterocycles. The Morgan fingerprint density at radius 3 is 2.38 bits per heavy atom. The fraction of sp³-hybridized carbons (Fsp3) is 0.222. The standard InChI is InChI=1S/C9H9NO6/c1-15-7-3-6(12)5(4-11)9(16-2)8(7)10(13)14/h3-4,12H,1-2H3/p-1. The first-order valence-electron chi connectivity index (χ1n) is 4.12. The van der Waals surface area contributed by atoms with E-state index in [0.29, 0.717) is 0 Å². The maximum Gasteiger partial charge on any atom is 0.352 e. The lowest BCUT2D eigenvalue weighted by molar-refractivity contribution is -0.386. The second kappa shape index (κ2) is 4.47. The zero-order valence-corrected chi connectivity index (χ0v) is 8.55. The highest BCUT2D eigenvalue weighted by Gasteiger charge is 2.25. The van der Waals surface area contributed by atoms with Crippen molar-refractivity contribution in [2.75, 3.05) is 14.2 Å². The van der Waals surface area contributed by atoms with Gasteiger partial charge < -0.3 is 14.6 Å². The molecule has 0 saturated carbocycles. The number of carbonyl (C=O) groups is 1. The molecule has 0 bridgehead atoms. The van der Waals surface area contributed by atoms with Crippen LogP contribution in [0.15, 0.2) is 6.07 Å². The highest BCUT2D eigenvalue weighted by atomic mass is 16.6. The highest BCUT2D eigenvalue weighted by molar-refractivity contribution is 5.87. The van der Waals surface area contributed by atoms with Crippen LogP contribution in [0.25, 0.3) is 0 Å². The molecule has 0 unspecified atom stereocenters. The van der Waals surface area contributed by atoms with E-state index in [-0.39, 0.29) is 17.8 Å². The first kappa shape index (κ1) is 11.8. The molecule has 1 aromatic rings. The molecule has 7 nitrogen and oxygen atoms in total. The van der Waals surface area contributed by atoms with Crippen LogP contribution in [0, 0.1) is 10.1 Å². The molecule has 0 N–H and O–H groups in total. The van der Waals surface area contributed by atoms with E-state index in [1.165, 1.54) is 7.11 Å². The average molecular weight is 226 g/mol. The number of nitro groups is 1. The summed E-state index contributed by atoms with van der Waals surface area (Å²) in [5, 5.41) is 22.1. The summed E-state index contributed by atoms with van der Waals surface area (Å²) in [6.45, 7) is 0. The number of hydrogen-bond donors (Lipinski definition) is 0. The highest BCUT2D eigenvalue weighted by Crippen LogP contribution is 2.42. The van der Waals surface area contributed by atoms with Gasteiger partial charge in [0, 0.05) is 0 Å². The molecule has 7 heteroatoms. The summed E-state index contributed by atoms with van der Waals surface area (Å²) in [6, 6.07) is 0.879. The molecule has 0 aliphatic heterocycles. The van der Waals surface area contributed by atoms with Gasteiger partial charge in [0.25, 0.3) is 0 Å². The minimum atomic E-state index is -0.774. The number of nitro benzene ring substituents is 1. The lowest BCUT2D eigenvalue weighted by Gasteiger charge is -2.15. The number of rotatable bonds is 4. The van der Waals surface area contributed by atoms with Crippen molar-refractivity contribution in [1.82, 2.24) is 0 Å². The lowest BCUT2D eigenvalue weighted by atomic mass is 10.1. The van der Waals surface area contributed by atoms with Crippen LogP contribution in [-0.2, 0) is 0 Å². The summed E-state index contributed by atoms with van der Waals surface area (Å²) in [5.74, 6) is -1.31. The number of aldehydes is 1. The van der Waals surface area contributed by atoms with Crippen LogP contribution < -0.4 is 14.6 Å². The third-order valence-electron chi connectivity index (χ3n) is 1.95. The van der Waals surface area contributed by atoms with E-state index in [1.807, 2.05) is 0 Å². The molecule has 1 aromatic carbocycles. The zero-order valence-electron chi connectivity index (χ0n) is 8.55. The maximum absolute atomic E-state index is 11.4. The van der Waals surface area contributed by atoms with Gasteiger partial charge in [-0.2, -0.15) is 0 Å². The Morgan fingerprint density at radius 2 is 2.00 bits per heavy atom. The van der Waals surface area contributed by atoms with E-state index in [1.54, 1.807) is 0 Å². The Hall–Kier alpha value is -2.31. The predicted molar refractivity (Wildman–Crippen MR) is 51.0 cm³/mol. The second-order valence-corrected chi connectivity index (χ2v) is 2.75. The summed E-state index contributed by atoms with van der Waals surface area (Å²) >= 11 is 0. The summed E-state index contributed by atoms with van der Waals surface area (Å²) in [7, 11) is 2.32. The Labute approximate surface area is 90.4 Å². The third-order valence-corrected chi connectivity index (χ3v) is 1.95. The van der Waals surface area contributed by atoms with Crippen molar-refractivity contribution in [1.29, 1.82) is 0 Å². The van der Waals surface area contributed by atoms with Gasteiger partial charge >= 0.3 is 5.69 Å². The van der Waals surface area contributed by atoms with Gasteiger partial charge in [-0.25, -0.2) is 0 Å². The van der Waals surface area contributed by atoms with E-state index in [9.17, 15) is 20.0 Å². The average Bonchev–Trinajstić information content (AvgIpc) is 2.26. The molecular formula is C9H8NO6-. The van der Waals surface area contributed by atoms with Gasteiger partial charge in [-0.15, -0.1) is 0 Å². The largest absolute Gasteiger partial charge is 0.872 e. The molecule has 0 aliphatic rings. The minimum Gasteiger partial charge on any atom is -0.872 e. The molecule has 16 heavy (non-hydrogen) atoms. The van der Waals surface area contributed by atoms with Gasteiger partial charge in [0.1, 0.15) is 0 Å². The van der Waals surface area contributed by atoms with Gasteiger partial charge in [-0.1, -0.05) is 5.75 Å². The van der Waals surface area contributed by atoms with E-state index >= 15 is 0 Å². The smallest absolute Gasteiger partial charge is 0.352 e. The summed E-state index contributed by atoms with van der Waals surface area (Å²) < 4.78 is 9.39. The quantitative estimate of drug-likeness (QED) is 0.420. The molecule has 0 spiro atoms. The zero-order chi connectivity index (χ0) is 12.3. The van der Waals surface area contributed by atoms with Crippen LogP contribution in [0.1, 0.15) is 10.4 Å². The summed E-state index contributed by atoms with van der Waals surface area (Å²) in [6.07, 6.45) is 0.216. The topological polar surface area (TPSA) is 102 Å². The van der Waals surface area contributed by atoms with Crippen LogP contribution >= 0.6 is 0 Å².